The zero-order chi connectivity index (χ0) is 15.1. The van der Waals surface area contributed by atoms with Gasteiger partial charge in [0.1, 0.15) is 0 Å². The molecule has 0 amide bonds. The Hall–Kier alpha value is 0.170. The molecular formula is C17H38ClNO2. The summed E-state index contributed by atoms with van der Waals surface area (Å²) in [5.74, 6) is 0. The molecule has 0 aliphatic rings. The Morgan fingerprint density at radius 3 is 1.48 bits per heavy atom. The molecular weight excluding hydrogens is 286 g/mol. The first-order valence-corrected chi connectivity index (χ1v) is 8.71. The summed E-state index contributed by atoms with van der Waals surface area (Å²) >= 11 is 0. The minimum atomic E-state index is -1.20. The highest BCUT2D eigenvalue weighted by atomic mass is 35.5. The third-order valence-corrected chi connectivity index (χ3v) is 3.87. The van der Waals surface area contributed by atoms with Crippen LogP contribution in [0.15, 0.2) is 0 Å². The number of hydrogen-bond acceptors (Lipinski definition) is 3. The average Bonchev–Trinajstić information content (AvgIpc) is 2.39. The van der Waals surface area contributed by atoms with E-state index in [1.807, 2.05) is 11.9 Å². The van der Waals surface area contributed by atoms with Crippen LogP contribution in [-0.2, 0) is 0 Å². The Morgan fingerprint density at radius 2 is 1.10 bits per heavy atom. The van der Waals surface area contributed by atoms with Crippen molar-refractivity contribution in [3.8, 4) is 0 Å². The van der Waals surface area contributed by atoms with Crippen LogP contribution in [0.2, 0.25) is 0 Å². The fourth-order valence-corrected chi connectivity index (χ4v) is 2.59. The van der Waals surface area contributed by atoms with E-state index in [-0.39, 0.29) is 12.4 Å². The molecule has 0 saturated heterocycles. The van der Waals surface area contributed by atoms with Crippen LogP contribution in [0.5, 0.6) is 0 Å². The molecule has 0 aliphatic carbocycles. The molecule has 0 bridgehead atoms. The molecule has 3 nitrogen and oxygen atoms in total. The van der Waals surface area contributed by atoms with Gasteiger partial charge < -0.3 is 15.1 Å². The lowest BCUT2D eigenvalue weighted by Gasteiger charge is -2.17. The number of aliphatic hydroxyl groups excluding tert-OH is 1. The highest BCUT2D eigenvalue weighted by Crippen LogP contribution is 2.11. The molecule has 0 fully saturated rings. The van der Waals surface area contributed by atoms with E-state index < -0.39 is 6.29 Å². The number of nitrogens with zero attached hydrogens (tertiary/aromatic N) is 1. The summed E-state index contributed by atoms with van der Waals surface area (Å²) in [7, 11) is 1.94. The second kappa shape index (κ2) is 18.2. The van der Waals surface area contributed by atoms with E-state index in [2.05, 4.69) is 6.92 Å². The highest BCUT2D eigenvalue weighted by molar-refractivity contribution is 5.85. The normalized spacial score (nSPS) is 11.1. The largest absolute Gasteiger partial charge is 0.367 e. The number of aliphatic hydroxyl groups is 2. The van der Waals surface area contributed by atoms with E-state index in [0.29, 0.717) is 6.54 Å². The van der Waals surface area contributed by atoms with E-state index in [4.69, 9.17) is 10.2 Å². The van der Waals surface area contributed by atoms with Crippen molar-refractivity contribution < 1.29 is 10.2 Å². The zero-order valence-electron chi connectivity index (χ0n) is 14.2. The Kier molecular flexibility index (Phi) is 20.3. The first kappa shape index (κ1) is 23.4. The number of unbranched alkanes of at least 4 members (excludes halogenated alkanes) is 11. The first-order chi connectivity index (χ1) is 9.66. The zero-order valence-corrected chi connectivity index (χ0v) is 15.0. The molecule has 0 aromatic rings. The molecule has 2 N–H and O–H groups in total. The molecule has 0 radical (unpaired) electrons. The molecule has 0 aromatic heterocycles. The van der Waals surface area contributed by atoms with Crippen molar-refractivity contribution in [2.45, 2.75) is 90.3 Å². The third kappa shape index (κ3) is 20.2. The van der Waals surface area contributed by atoms with Crippen LogP contribution < -0.4 is 0 Å². The van der Waals surface area contributed by atoms with Gasteiger partial charge in [0.2, 0.25) is 0 Å². The van der Waals surface area contributed by atoms with E-state index in [9.17, 15) is 0 Å². The molecule has 130 valence electrons. The fraction of sp³-hybridized carbons (Fsp3) is 1.00. The number of rotatable bonds is 15. The van der Waals surface area contributed by atoms with Crippen molar-refractivity contribution in [2.24, 2.45) is 0 Å². The molecule has 0 rings (SSSR count). The van der Waals surface area contributed by atoms with Gasteiger partial charge in [0.15, 0.2) is 6.29 Å². The molecule has 4 heteroatoms. The molecule has 0 aliphatic heterocycles. The maximum atomic E-state index is 8.83. The van der Waals surface area contributed by atoms with E-state index in [1.165, 1.54) is 77.0 Å². The SMILES string of the molecule is CCCCCCCCCCCCCCN(C)CC(O)O.Cl. The van der Waals surface area contributed by atoms with Gasteiger partial charge in [0.25, 0.3) is 0 Å². The summed E-state index contributed by atoms with van der Waals surface area (Å²) in [6.07, 6.45) is 15.2. The smallest absolute Gasteiger partial charge is 0.164 e. The van der Waals surface area contributed by atoms with Crippen molar-refractivity contribution in [1.82, 2.24) is 4.90 Å². The maximum Gasteiger partial charge on any atom is 0.164 e. The predicted octanol–water partition coefficient (Wildman–Crippen LogP) is 4.35. The third-order valence-electron chi connectivity index (χ3n) is 3.87. The van der Waals surface area contributed by atoms with Crippen LogP contribution in [0, 0.1) is 0 Å². The minimum absolute atomic E-state index is 0. The van der Waals surface area contributed by atoms with Gasteiger partial charge in [-0.3, -0.25) is 0 Å². The van der Waals surface area contributed by atoms with Gasteiger partial charge in [-0.15, -0.1) is 12.4 Å². The lowest BCUT2D eigenvalue weighted by atomic mass is 10.1. The summed E-state index contributed by atoms with van der Waals surface area (Å²) < 4.78 is 0. The van der Waals surface area contributed by atoms with E-state index >= 15 is 0 Å². The molecule has 0 heterocycles. The van der Waals surface area contributed by atoms with Crippen LogP contribution in [0.4, 0.5) is 0 Å². The Labute approximate surface area is 138 Å². The summed E-state index contributed by atoms with van der Waals surface area (Å²) in [5.41, 5.74) is 0. The Morgan fingerprint density at radius 1 is 0.714 bits per heavy atom. The van der Waals surface area contributed by atoms with Gasteiger partial charge >= 0.3 is 0 Å². The summed E-state index contributed by atoms with van der Waals surface area (Å²) in [4.78, 5) is 1.99. The minimum Gasteiger partial charge on any atom is -0.367 e. The monoisotopic (exact) mass is 323 g/mol. The van der Waals surface area contributed by atoms with Crippen molar-refractivity contribution >= 4 is 12.4 Å². The van der Waals surface area contributed by atoms with Gasteiger partial charge in [-0.05, 0) is 20.0 Å². The molecule has 0 spiro atoms. The summed E-state index contributed by atoms with van der Waals surface area (Å²) in [5, 5.41) is 17.7. The fourth-order valence-electron chi connectivity index (χ4n) is 2.59. The summed E-state index contributed by atoms with van der Waals surface area (Å²) in [6.45, 7) is 3.59. The lowest BCUT2D eigenvalue weighted by Crippen LogP contribution is -2.29. The molecule has 0 saturated carbocycles. The first-order valence-electron chi connectivity index (χ1n) is 8.71. The van der Waals surface area contributed by atoms with Crippen LogP contribution in [0.25, 0.3) is 0 Å². The van der Waals surface area contributed by atoms with Crippen LogP contribution >= 0.6 is 12.4 Å². The average molecular weight is 324 g/mol. The Balaban J connectivity index is 0. The molecule has 0 atom stereocenters. The van der Waals surface area contributed by atoms with E-state index in [0.717, 1.165) is 6.54 Å². The quantitative estimate of drug-likeness (QED) is 0.348. The van der Waals surface area contributed by atoms with Gasteiger partial charge in [0, 0.05) is 6.54 Å². The number of hydrogen-bond donors (Lipinski definition) is 2. The predicted molar refractivity (Wildman–Crippen MR) is 94.0 cm³/mol. The number of halogens is 1. The van der Waals surface area contributed by atoms with Crippen molar-refractivity contribution in [3.05, 3.63) is 0 Å². The standard InChI is InChI=1S/C17H37NO2.ClH/c1-3-4-5-6-7-8-9-10-11-12-13-14-15-18(2)16-17(19)20;/h17,19-20H,3-16H2,1-2H3;1H. The topological polar surface area (TPSA) is 43.7 Å². The lowest BCUT2D eigenvalue weighted by molar-refractivity contribution is -0.0573. The van der Waals surface area contributed by atoms with Crippen molar-refractivity contribution in [1.29, 1.82) is 0 Å². The summed E-state index contributed by atoms with van der Waals surface area (Å²) in [6, 6.07) is 0. The van der Waals surface area contributed by atoms with Crippen molar-refractivity contribution in [2.75, 3.05) is 20.1 Å². The molecule has 21 heavy (non-hydrogen) atoms. The Bertz CT molecular complexity index is 192. The van der Waals surface area contributed by atoms with Gasteiger partial charge in [-0.2, -0.15) is 0 Å². The molecule has 0 unspecified atom stereocenters. The van der Waals surface area contributed by atoms with Crippen LogP contribution in [0.3, 0.4) is 0 Å². The van der Waals surface area contributed by atoms with E-state index in [1.54, 1.807) is 0 Å². The second-order valence-electron chi connectivity index (χ2n) is 6.13. The highest BCUT2D eigenvalue weighted by Gasteiger charge is 2.03. The maximum absolute atomic E-state index is 8.83. The number of likely N-dealkylation sites (N-methyl/N-ethyl adjacent to an activating group) is 1. The van der Waals surface area contributed by atoms with Gasteiger partial charge in [0.05, 0.1) is 0 Å². The van der Waals surface area contributed by atoms with Gasteiger partial charge in [-0.1, -0.05) is 77.6 Å². The van der Waals surface area contributed by atoms with Crippen LogP contribution in [-0.4, -0.2) is 41.5 Å². The second-order valence-corrected chi connectivity index (χ2v) is 6.13. The van der Waals surface area contributed by atoms with Crippen LogP contribution in [0.1, 0.15) is 84.0 Å². The van der Waals surface area contributed by atoms with Crippen molar-refractivity contribution in [3.63, 3.8) is 0 Å². The molecule has 0 aromatic carbocycles. The van der Waals surface area contributed by atoms with Gasteiger partial charge in [-0.25, -0.2) is 0 Å².